The maximum Gasteiger partial charge on any atom is 0.269 e. The molecule has 3 amide bonds. The Balaban J connectivity index is 1.19. The van der Waals surface area contributed by atoms with Crippen molar-refractivity contribution >= 4 is 40.7 Å². The number of hydrogen-bond acceptors (Lipinski definition) is 5. The topological polar surface area (TPSA) is 109 Å². The normalized spacial score (nSPS) is 10.2. The summed E-state index contributed by atoms with van der Waals surface area (Å²) in [4.78, 5) is 37.4. The van der Waals surface area contributed by atoms with Gasteiger partial charge in [-0.25, -0.2) is 0 Å². The predicted molar refractivity (Wildman–Crippen MR) is 158 cm³/mol. The highest BCUT2D eigenvalue weighted by Gasteiger charge is 2.11. The fourth-order valence-electron chi connectivity index (χ4n) is 3.72. The average Bonchev–Trinajstić information content (AvgIpc) is 2.97. The molecule has 0 saturated heterocycles. The van der Waals surface area contributed by atoms with Gasteiger partial charge in [-0.2, -0.15) is 0 Å². The lowest BCUT2D eigenvalue weighted by atomic mass is 10.1. The summed E-state index contributed by atoms with van der Waals surface area (Å²) in [5, 5.41) is 5.25. The van der Waals surface area contributed by atoms with Crippen LogP contribution in [0.4, 0.5) is 5.69 Å². The first kappa shape index (κ1) is 28.0. The molecule has 4 rings (SSSR count). The molecule has 202 valence electrons. The summed E-state index contributed by atoms with van der Waals surface area (Å²) in [6, 6.07) is 30.4. The summed E-state index contributed by atoms with van der Waals surface area (Å²) in [7, 11) is 0. The monoisotopic (exact) mass is 552 g/mol. The molecule has 0 unspecified atom stereocenters. The molecule has 4 aromatic rings. The number of rotatable bonds is 8. The minimum Gasteiger partial charge on any atom is -0.493 e. The van der Waals surface area contributed by atoms with E-state index in [0.29, 0.717) is 34.7 Å². The van der Waals surface area contributed by atoms with Gasteiger partial charge in [-0.3, -0.25) is 30.6 Å². The third-order valence-electron chi connectivity index (χ3n) is 5.82. The van der Waals surface area contributed by atoms with E-state index < -0.39 is 11.8 Å². The van der Waals surface area contributed by atoms with Crippen LogP contribution in [-0.2, 0) is 6.42 Å². The van der Waals surface area contributed by atoms with E-state index in [1.165, 1.54) is 5.56 Å². The van der Waals surface area contributed by atoms with Gasteiger partial charge in [0.1, 0.15) is 5.75 Å². The minimum absolute atomic E-state index is 0.0661. The van der Waals surface area contributed by atoms with E-state index in [1.54, 1.807) is 60.7 Å². The number of ether oxygens (including phenoxy) is 1. The van der Waals surface area contributed by atoms with Crippen LogP contribution < -0.4 is 26.2 Å². The molecular weight excluding hydrogens is 524 g/mol. The Morgan fingerprint density at radius 3 is 2.08 bits per heavy atom. The van der Waals surface area contributed by atoms with Crippen LogP contribution in [0.2, 0.25) is 0 Å². The van der Waals surface area contributed by atoms with Gasteiger partial charge in [-0.15, -0.1) is 0 Å². The molecule has 9 heteroatoms. The summed E-state index contributed by atoms with van der Waals surface area (Å²) < 4.78 is 5.75. The number of hydrazine groups is 1. The van der Waals surface area contributed by atoms with Crippen LogP contribution in [0.25, 0.3) is 0 Å². The molecule has 0 saturated carbocycles. The van der Waals surface area contributed by atoms with Crippen LogP contribution in [-0.4, -0.2) is 29.4 Å². The molecule has 0 aliphatic rings. The fraction of sp³-hybridized carbons (Fsp3) is 0.0968. The highest BCUT2D eigenvalue weighted by Crippen LogP contribution is 2.14. The Bertz CT molecular complexity index is 1490. The molecule has 4 aromatic carbocycles. The van der Waals surface area contributed by atoms with Crippen molar-refractivity contribution in [3.63, 3.8) is 0 Å². The molecule has 0 aliphatic heterocycles. The zero-order chi connectivity index (χ0) is 28.3. The van der Waals surface area contributed by atoms with E-state index in [-0.39, 0.29) is 11.0 Å². The third-order valence-corrected chi connectivity index (χ3v) is 6.02. The summed E-state index contributed by atoms with van der Waals surface area (Å²) in [6.07, 6.45) is 0.781. The van der Waals surface area contributed by atoms with E-state index in [1.807, 2.05) is 49.4 Å². The summed E-state index contributed by atoms with van der Waals surface area (Å²) in [6.45, 7) is 2.44. The maximum atomic E-state index is 12.5. The molecule has 4 N–H and O–H groups in total. The summed E-state index contributed by atoms with van der Waals surface area (Å²) in [5.41, 5.74) is 8.94. The molecule has 0 heterocycles. The smallest absolute Gasteiger partial charge is 0.269 e. The first-order chi connectivity index (χ1) is 19.4. The highest BCUT2D eigenvalue weighted by molar-refractivity contribution is 7.80. The molecular formula is C31H28N4O4S. The number of amides is 3. The van der Waals surface area contributed by atoms with E-state index in [0.717, 1.165) is 12.0 Å². The molecule has 0 atom stereocenters. The van der Waals surface area contributed by atoms with Gasteiger partial charge in [0.25, 0.3) is 17.7 Å². The summed E-state index contributed by atoms with van der Waals surface area (Å²) in [5.74, 6) is -0.489. The molecule has 0 fully saturated rings. The van der Waals surface area contributed by atoms with Crippen LogP contribution in [0.1, 0.15) is 42.2 Å². The van der Waals surface area contributed by atoms with Gasteiger partial charge in [0, 0.05) is 28.8 Å². The standard InChI is InChI=1S/C31H28N4O4S/c1-21-6-5-9-25(20-21)29(37)32-26-14-10-24(11-15-26)30(38)34-35-31(40)33-28(36)23-12-16-27(17-13-23)39-19-18-22-7-3-2-4-8-22/h2-17,20H,18-19H2,1H3,(H,32,37)(H,34,38)(H2,33,35,36,40). The number of nitrogens with one attached hydrogen (secondary N) is 4. The van der Waals surface area contributed by atoms with E-state index >= 15 is 0 Å². The Kier molecular flexibility index (Phi) is 9.58. The van der Waals surface area contributed by atoms with Gasteiger partial charge < -0.3 is 10.1 Å². The van der Waals surface area contributed by atoms with Gasteiger partial charge in [-0.1, -0.05) is 48.0 Å². The van der Waals surface area contributed by atoms with Gasteiger partial charge in [0.2, 0.25) is 0 Å². The van der Waals surface area contributed by atoms with Crippen LogP contribution in [0.15, 0.2) is 103 Å². The van der Waals surface area contributed by atoms with Crippen LogP contribution in [0.3, 0.4) is 0 Å². The quantitative estimate of drug-likeness (QED) is 0.184. The first-order valence-corrected chi connectivity index (χ1v) is 12.9. The Labute approximate surface area is 237 Å². The van der Waals surface area contributed by atoms with Gasteiger partial charge in [0.15, 0.2) is 5.11 Å². The molecule has 40 heavy (non-hydrogen) atoms. The molecule has 0 aliphatic carbocycles. The zero-order valence-electron chi connectivity index (χ0n) is 21.8. The zero-order valence-corrected chi connectivity index (χ0v) is 22.6. The van der Waals surface area contributed by atoms with Crippen molar-refractivity contribution in [1.29, 1.82) is 0 Å². The van der Waals surface area contributed by atoms with E-state index in [2.05, 4.69) is 21.5 Å². The fourth-order valence-corrected chi connectivity index (χ4v) is 3.86. The van der Waals surface area contributed by atoms with Crippen molar-refractivity contribution in [2.45, 2.75) is 13.3 Å². The van der Waals surface area contributed by atoms with Crippen molar-refractivity contribution in [2.24, 2.45) is 0 Å². The van der Waals surface area contributed by atoms with Crippen molar-refractivity contribution in [3.05, 3.63) is 131 Å². The number of anilines is 1. The van der Waals surface area contributed by atoms with Crippen molar-refractivity contribution in [2.75, 3.05) is 11.9 Å². The van der Waals surface area contributed by atoms with Crippen LogP contribution >= 0.6 is 12.2 Å². The van der Waals surface area contributed by atoms with Crippen LogP contribution in [0, 0.1) is 6.92 Å². The SMILES string of the molecule is Cc1cccc(C(=O)Nc2ccc(C(=O)NNC(=S)NC(=O)c3ccc(OCCc4ccccc4)cc3)cc2)c1. The van der Waals surface area contributed by atoms with Gasteiger partial charge in [0.05, 0.1) is 6.61 Å². The molecule has 8 nitrogen and oxygen atoms in total. The van der Waals surface area contributed by atoms with Crippen molar-refractivity contribution in [1.82, 2.24) is 16.2 Å². The second-order valence-corrected chi connectivity index (χ2v) is 9.28. The van der Waals surface area contributed by atoms with Gasteiger partial charge >= 0.3 is 0 Å². The van der Waals surface area contributed by atoms with Crippen LogP contribution in [0.5, 0.6) is 5.75 Å². The lowest BCUT2D eigenvalue weighted by molar-refractivity contribution is 0.0934. The second-order valence-electron chi connectivity index (χ2n) is 8.87. The van der Waals surface area contributed by atoms with E-state index in [4.69, 9.17) is 17.0 Å². The molecule has 0 spiro atoms. The highest BCUT2D eigenvalue weighted by atomic mass is 32.1. The number of aryl methyl sites for hydroxylation is 1. The largest absolute Gasteiger partial charge is 0.493 e. The predicted octanol–water partition coefficient (Wildman–Crippen LogP) is 4.82. The molecule has 0 radical (unpaired) electrons. The number of hydrogen-bond donors (Lipinski definition) is 4. The number of carbonyl (C=O) groups is 3. The number of carbonyl (C=O) groups excluding carboxylic acids is 3. The van der Waals surface area contributed by atoms with Crippen molar-refractivity contribution < 1.29 is 19.1 Å². The minimum atomic E-state index is -0.467. The Hall–Kier alpha value is -5.02. The third kappa shape index (κ3) is 8.24. The Morgan fingerprint density at radius 1 is 0.700 bits per heavy atom. The number of benzene rings is 4. The molecule has 0 aromatic heterocycles. The Morgan fingerprint density at radius 2 is 1.38 bits per heavy atom. The van der Waals surface area contributed by atoms with Crippen molar-refractivity contribution in [3.8, 4) is 5.75 Å². The lowest BCUT2D eigenvalue weighted by Crippen LogP contribution is -2.48. The average molecular weight is 553 g/mol. The van der Waals surface area contributed by atoms with Gasteiger partial charge in [-0.05, 0) is 85.4 Å². The lowest BCUT2D eigenvalue weighted by Gasteiger charge is -2.12. The second kappa shape index (κ2) is 13.7. The first-order valence-electron chi connectivity index (χ1n) is 12.5. The van der Waals surface area contributed by atoms with E-state index in [9.17, 15) is 14.4 Å². The summed E-state index contributed by atoms with van der Waals surface area (Å²) >= 11 is 5.12. The number of thiocarbonyl (C=S) groups is 1. The maximum absolute atomic E-state index is 12.5. The molecule has 0 bridgehead atoms.